The van der Waals surface area contributed by atoms with Gasteiger partial charge in [0, 0.05) is 50.2 Å². The molecule has 1 saturated heterocycles. The molecule has 4 aromatic rings. The second-order valence-corrected chi connectivity index (χ2v) is 10.0. The third-order valence-corrected chi connectivity index (χ3v) is 7.72. The van der Waals surface area contributed by atoms with E-state index in [-0.39, 0.29) is 23.9 Å². The van der Waals surface area contributed by atoms with Gasteiger partial charge < -0.3 is 9.30 Å². The van der Waals surface area contributed by atoms with Gasteiger partial charge in [0.25, 0.3) is 5.91 Å². The van der Waals surface area contributed by atoms with Crippen LogP contribution in [0, 0.1) is 13.8 Å². The van der Waals surface area contributed by atoms with Gasteiger partial charge in [-0.2, -0.15) is 4.31 Å². The zero-order valence-corrected chi connectivity index (χ0v) is 18.7. The molecular formula is C23H23N5O3S. The van der Waals surface area contributed by atoms with Crippen LogP contribution in [0.1, 0.15) is 21.6 Å². The Hall–Kier alpha value is -3.30. The van der Waals surface area contributed by atoms with Gasteiger partial charge in [-0.1, -0.05) is 12.1 Å². The fraction of sp³-hybridized carbons (Fsp3) is 0.261. The van der Waals surface area contributed by atoms with Crippen molar-refractivity contribution in [2.45, 2.75) is 18.7 Å². The summed E-state index contributed by atoms with van der Waals surface area (Å²) in [5.74, 6) is -0.189. The Morgan fingerprint density at radius 1 is 1.00 bits per heavy atom. The van der Waals surface area contributed by atoms with Crippen LogP contribution in [-0.4, -0.2) is 64.1 Å². The number of amides is 1. The quantitative estimate of drug-likeness (QED) is 0.480. The maximum Gasteiger partial charge on any atom is 0.274 e. The summed E-state index contributed by atoms with van der Waals surface area (Å²) < 4.78 is 29.9. The molecule has 9 heteroatoms. The van der Waals surface area contributed by atoms with E-state index in [0.29, 0.717) is 29.9 Å². The monoisotopic (exact) mass is 449 g/mol. The summed E-state index contributed by atoms with van der Waals surface area (Å²) in [5, 5.41) is 0.793. The van der Waals surface area contributed by atoms with Crippen molar-refractivity contribution in [3.63, 3.8) is 0 Å². The topological polar surface area (TPSA) is 87.9 Å². The zero-order chi connectivity index (χ0) is 22.5. The second-order valence-electron chi connectivity index (χ2n) is 8.13. The highest BCUT2D eigenvalue weighted by molar-refractivity contribution is 7.89. The highest BCUT2D eigenvalue weighted by atomic mass is 32.2. The van der Waals surface area contributed by atoms with Crippen molar-refractivity contribution in [2.75, 3.05) is 26.2 Å². The average Bonchev–Trinajstić information content (AvgIpc) is 3.21. The van der Waals surface area contributed by atoms with E-state index in [1.165, 1.54) is 4.31 Å². The van der Waals surface area contributed by atoms with E-state index in [1.54, 1.807) is 29.4 Å². The van der Waals surface area contributed by atoms with Crippen molar-refractivity contribution in [3.05, 3.63) is 71.8 Å². The molecule has 1 fully saturated rings. The molecule has 32 heavy (non-hydrogen) atoms. The van der Waals surface area contributed by atoms with E-state index in [0.717, 1.165) is 16.5 Å². The third kappa shape index (κ3) is 3.53. The van der Waals surface area contributed by atoms with Gasteiger partial charge in [0.1, 0.15) is 16.2 Å². The summed E-state index contributed by atoms with van der Waals surface area (Å²) >= 11 is 0. The molecule has 0 saturated carbocycles. The summed E-state index contributed by atoms with van der Waals surface area (Å²) in [6, 6.07) is 11.0. The molecule has 4 heterocycles. The third-order valence-electron chi connectivity index (χ3n) is 5.79. The molecule has 0 atom stereocenters. The van der Waals surface area contributed by atoms with E-state index in [1.807, 2.05) is 48.7 Å². The zero-order valence-electron chi connectivity index (χ0n) is 17.9. The molecule has 5 rings (SSSR count). The molecule has 1 aliphatic heterocycles. The van der Waals surface area contributed by atoms with Gasteiger partial charge in [-0.05, 0) is 49.2 Å². The largest absolute Gasteiger partial charge is 0.335 e. The summed E-state index contributed by atoms with van der Waals surface area (Å²) in [4.78, 5) is 23.6. The minimum atomic E-state index is -3.73. The van der Waals surface area contributed by atoms with Gasteiger partial charge in [0.05, 0.1) is 5.52 Å². The Bertz CT molecular complexity index is 1450. The molecule has 1 amide bonds. The Kier molecular flexibility index (Phi) is 4.94. The van der Waals surface area contributed by atoms with E-state index >= 15 is 0 Å². The van der Waals surface area contributed by atoms with Gasteiger partial charge >= 0.3 is 0 Å². The number of nitrogens with zero attached hydrogens (tertiary/aromatic N) is 5. The van der Waals surface area contributed by atoms with Crippen LogP contribution in [0.5, 0.6) is 0 Å². The number of aromatic nitrogens is 3. The Morgan fingerprint density at radius 2 is 1.78 bits per heavy atom. The number of aryl methyl sites for hydroxylation is 2. The molecule has 3 aromatic heterocycles. The van der Waals surface area contributed by atoms with Crippen molar-refractivity contribution >= 4 is 32.5 Å². The van der Waals surface area contributed by atoms with Crippen LogP contribution in [-0.2, 0) is 10.0 Å². The lowest BCUT2D eigenvalue weighted by molar-refractivity contribution is 0.0692. The van der Waals surface area contributed by atoms with Crippen molar-refractivity contribution in [1.29, 1.82) is 0 Å². The summed E-state index contributed by atoms with van der Waals surface area (Å²) in [7, 11) is -3.73. The van der Waals surface area contributed by atoms with Crippen molar-refractivity contribution < 1.29 is 13.2 Å². The minimum Gasteiger partial charge on any atom is -0.335 e. The lowest BCUT2D eigenvalue weighted by Crippen LogP contribution is -2.50. The number of hydrogen-bond acceptors (Lipinski definition) is 5. The van der Waals surface area contributed by atoms with Gasteiger partial charge in [-0.25, -0.2) is 13.4 Å². The Labute approximate surface area is 186 Å². The van der Waals surface area contributed by atoms with Gasteiger partial charge in [0.15, 0.2) is 0 Å². The number of hydrogen-bond donors (Lipinski definition) is 0. The number of carbonyl (C=O) groups excluding carboxylic acids is 1. The SMILES string of the molecule is Cc1cnc2c(S(=O)(=O)N3CCN(C(=O)c4cn5ccc(C)cc5n4)CC3)cccc2c1. The van der Waals surface area contributed by atoms with Crippen LogP contribution >= 0.6 is 0 Å². The van der Waals surface area contributed by atoms with Gasteiger partial charge in [-0.3, -0.25) is 9.78 Å². The highest BCUT2D eigenvalue weighted by Gasteiger charge is 2.32. The fourth-order valence-electron chi connectivity index (χ4n) is 4.07. The first kappa shape index (κ1) is 20.6. The van der Waals surface area contributed by atoms with Crippen LogP contribution < -0.4 is 0 Å². The fourth-order valence-corrected chi connectivity index (χ4v) is 5.66. The van der Waals surface area contributed by atoms with Crippen LogP contribution in [0.3, 0.4) is 0 Å². The minimum absolute atomic E-state index is 0.189. The molecule has 0 unspecified atom stereocenters. The van der Waals surface area contributed by atoms with Crippen LogP contribution in [0.2, 0.25) is 0 Å². The first-order valence-electron chi connectivity index (χ1n) is 10.4. The predicted molar refractivity (Wildman–Crippen MR) is 121 cm³/mol. The highest BCUT2D eigenvalue weighted by Crippen LogP contribution is 2.26. The molecule has 0 aliphatic carbocycles. The van der Waals surface area contributed by atoms with E-state index in [9.17, 15) is 13.2 Å². The number of carbonyl (C=O) groups is 1. The number of imidazole rings is 1. The number of benzene rings is 1. The lowest BCUT2D eigenvalue weighted by Gasteiger charge is -2.33. The summed E-state index contributed by atoms with van der Waals surface area (Å²) in [6.45, 7) is 4.96. The van der Waals surface area contributed by atoms with Crippen LogP contribution in [0.25, 0.3) is 16.6 Å². The van der Waals surface area contributed by atoms with E-state index in [4.69, 9.17) is 0 Å². The molecule has 0 N–H and O–H groups in total. The summed E-state index contributed by atoms with van der Waals surface area (Å²) in [6.07, 6.45) is 5.26. The van der Waals surface area contributed by atoms with Crippen molar-refractivity contribution in [2.24, 2.45) is 0 Å². The number of fused-ring (bicyclic) bond motifs is 2. The second kappa shape index (κ2) is 7.68. The number of rotatable bonds is 3. The van der Waals surface area contributed by atoms with Crippen LogP contribution in [0.15, 0.2) is 59.9 Å². The van der Waals surface area contributed by atoms with E-state index in [2.05, 4.69) is 9.97 Å². The van der Waals surface area contributed by atoms with Crippen molar-refractivity contribution in [1.82, 2.24) is 23.6 Å². The molecular weight excluding hydrogens is 426 g/mol. The molecule has 0 bridgehead atoms. The normalized spacial score (nSPS) is 15.5. The molecule has 0 radical (unpaired) electrons. The van der Waals surface area contributed by atoms with Gasteiger partial charge in [0.2, 0.25) is 10.0 Å². The Balaban J connectivity index is 1.35. The average molecular weight is 450 g/mol. The van der Waals surface area contributed by atoms with E-state index < -0.39 is 10.0 Å². The standard InChI is InChI=1S/C23H23N5O3S/c1-16-6-7-27-15-19(25-21(27)13-16)23(29)26-8-10-28(11-9-26)32(30,31)20-5-3-4-18-12-17(2)14-24-22(18)20/h3-7,12-15H,8-11H2,1-2H3. The number of sulfonamides is 1. The first-order chi connectivity index (χ1) is 15.3. The summed E-state index contributed by atoms with van der Waals surface area (Å²) in [5.41, 5.74) is 3.59. The predicted octanol–water partition coefficient (Wildman–Crippen LogP) is 2.65. The lowest BCUT2D eigenvalue weighted by atomic mass is 10.2. The molecule has 8 nitrogen and oxygen atoms in total. The maximum atomic E-state index is 13.3. The number of piperazine rings is 1. The maximum absolute atomic E-state index is 13.3. The van der Waals surface area contributed by atoms with Crippen LogP contribution in [0.4, 0.5) is 0 Å². The molecule has 0 spiro atoms. The molecule has 1 aliphatic rings. The van der Waals surface area contributed by atoms with Gasteiger partial charge in [-0.15, -0.1) is 0 Å². The number of para-hydroxylation sites is 1. The molecule has 1 aromatic carbocycles. The number of pyridine rings is 2. The molecule has 164 valence electrons. The first-order valence-corrected chi connectivity index (χ1v) is 11.9. The van der Waals surface area contributed by atoms with Crippen molar-refractivity contribution in [3.8, 4) is 0 Å². The Morgan fingerprint density at radius 3 is 2.56 bits per heavy atom. The smallest absolute Gasteiger partial charge is 0.274 e.